The highest BCUT2D eigenvalue weighted by Crippen LogP contribution is 2.12. The monoisotopic (exact) mass is 183 g/mol. The molecule has 13 heavy (non-hydrogen) atoms. The van der Waals surface area contributed by atoms with Crippen LogP contribution in [0, 0.1) is 0 Å². The van der Waals surface area contributed by atoms with E-state index in [4.69, 9.17) is 10.8 Å². The lowest BCUT2D eigenvalue weighted by Crippen LogP contribution is -2.32. The molecule has 1 aromatic heterocycles. The summed E-state index contributed by atoms with van der Waals surface area (Å²) >= 11 is 0. The van der Waals surface area contributed by atoms with E-state index in [0.717, 1.165) is 12.2 Å². The first-order valence-electron chi connectivity index (χ1n) is 4.58. The Morgan fingerprint density at radius 1 is 1.69 bits per heavy atom. The van der Waals surface area contributed by atoms with Crippen LogP contribution in [-0.2, 0) is 6.42 Å². The van der Waals surface area contributed by atoms with Crippen LogP contribution in [0.3, 0.4) is 0 Å². The van der Waals surface area contributed by atoms with Gasteiger partial charge in [0.15, 0.2) is 0 Å². The Kier molecular flexibility index (Phi) is 3.45. The molecule has 1 aromatic rings. The average Bonchev–Trinajstić information content (AvgIpc) is 2.53. The number of hydrogen-bond acceptors (Lipinski definition) is 3. The number of aliphatic hydroxyl groups excluding tert-OH is 1. The SMILES string of the molecule is CCc1nccn1C(CO)C(C)N. The molecule has 0 fully saturated rings. The summed E-state index contributed by atoms with van der Waals surface area (Å²) in [5.74, 6) is 0.969. The van der Waals surface area contributed by atoms with Crippen LogP contribution in [0.1, 0.15) is 25.7 Å². The number of nitrogens with zero attached hydrogens (tertiary/aromatic N) is 2. The van der Waals surface area contributed by atoms with E-state index in [2.05, 4.69) is 4.98 Å². The van der Waals surface area contributed by atoms with Crippen LogP contribution in [0.2, 0.25) is 0 Å². The van der Waals surface area contributed by atoms with Crippen LogP contribution >= 0.6 is 0 Å². The van der Waals surface area contributed by atoms with Gasteiger partial charge < -0.3 is 15.4 Å². The predicted octanol–water partition coefficient (Wildman–Crippen LogP) is 0.326. The molecule has 74 valence electrons. The van der Waals surface area contributed by atoms with Gasteiger partial charge in [-0.1, -0.05) is 6.92 Å². The van der Waals surface area contributed by atoms with Gasteiger partial charge in [-0.05, 0) is 6.92 Å². The fourth-order valence-corrected chi connectivity index (χ4v) is 1.43. The van der Waals surface area contributed by atoms with Crippen molar-refractivity contribution in [1.29, 1.82) is 0 Å². The molecule has 0 aromatic carbocycles. The third-order valence-electron chi connectivity index (χ3n) is 2.22. The number of nitrogens with two attached hydrogens (primary N) is 1. The number of aryl methyl sites for hydroxylation is 1. The van der Waals surface area contributed by atoms with Gasteiger partial charge in [0.1, 0.15) is 5.82 Å². The topological polar surface area (TPSA) is 64.1 Å². The highest BCUT2D eigenvalue weighted by atomic mass is 16.3. The Balaban J connectivity index is 2.90. The predicted molar refractivity (Wildman–Crippen MR) is 51.4 cm³/mol. The summed E-state index contributed by atoms with van der Waals surface area (Å²) in [6.07, 6.45) is 4.46. The van der Waals surface area contributed by atoms with Gasteiger partial charge in [-0.25, -0.2) is 4.98 Å². The van der Waals surface area contributed by atoms with E-state index < -0.39 is 0 Å². The van der Waals surface area contributed by atoms with Gasteiger partial charge >= 0.3 is 0 Å². The lowest BCUT2D eigenvalue weighted by Gasteiger charge is -2.21. The fourth-order valence-electron chi connectivity index (χ4n) is 1.43. The summed E-state index contributed by atoms with van der Waals surface area (Å²) in [5.41, 5.74) is 5.75. The molecule has 2 unspecified atom stereocenters. The molecule has 0 aliphatic carbocycles. The molecule has 1 rings (SSSR count). The minimum Gasteiger partial charge on any atom is -0.394 e. The summed E-state index contributed by atoms with van der Waals surface area (Å²) in [6, 6.07) is -0.123. The molecule has 3 N–H and O–H groups in total. The van der Waals surface area contributed by atoms with E-state index in [-0.39, 0.29) is 18.7 Å². The number of aliphatic hydroxyl groups is 1. The van der Waals surface area contributed by atoms with Crippen molar-refractivity contribution in [3.05, 3.63) is 18.2 Å². The number of rotatable bonds is 4. The van der Waals surface area contributed by atoms with E-state index in [0.29, 0.717) is 0 Å². The quantitative estimate of drug-likeness (QED) is 0.707. The molecule has 2 atom stereocenters. The molecular weight excluding hydrogens is 166 g/mol. The summed E-state index contributed by atoms with van der Waals surface area (Å²) in [6.45, 7) is 3.98. The Bertz CT molecular complexity index is 257. The lowest BCUT2D eigenvalue weighted by molar-refractivity contribution is 0.208. The Labute approximate surface area is 78.4 Å². The van der Waals surface area contributed by atoms with Crippen LogP contribution in [-0.4, -0.2) is 27.3 Å². The first-order chi connectivity index (χ1) is 6.20. The largest absolute Gasteiger partial charge is 0.394 e. The summed E-state index contributed by atoms with van der Waals surface area (Å²) in [7, 11) is 0. The molecule has 4 nitrogen and oxygen atoms in total. The summed E-state index contributed by atoms with van der Waals surface area (Å²) in [4.78, 5) is 4.18. The van der Waals surface area contributed by atoms with Crippen LogP contribution in [0.25, 0.3) is 0 Å². The zero-order chi connectivity index (χ0) is 9.84. The third-order valence-corrected chi connectivity index (χ3v) is 2.22. The van der Waals surface area contributed by atoms with Crippen molar-refractivity contribution in [2.45, 2.75) is 32.4 Å². The molecule has 0 spiro atoms. The Morgan fingerprint density at radius 3 is 2.85 bits per heavy atom. The van der Waals surface area contributed by atoms with Crippen LogP contribution in [0.15, 0.2) is 12.4 Å². The molecule has 0 amide bonds. The zero-order valence-corrected chi connectivity index (χ0v) is 8.14. The maximum atomic E-state index is 9.16. The molecule has 4 heteroatoms. The molecule has 1 heterocycles. The van der Waals surface area contributed by atoms with Gasteiger partial charge in [0.2, 0.25) is 0 Å². The number of imidazole rings is 1. The van der Waals surface area contributed by atoms with Crippen molar-refractivity contribution in [3.63, 3.8) is 0 Å². The molecule has 0 aliphatic rings. The van der Waals surface area contributed by atoms with E-state index in [1.807, 2.05) is 24.6 Å². The molecule has 0 saturated carbocycles. The zero-order valence-electron chi connectivity index (χ0n) is 8.14. The van der Waals surface area contributed by atoms with Gasteiger partial charge in [-0.15, -0.1) is 0 Å². The van der Waals surface area contributed by atoms with E-state index in [9.17, 15) is 0 Å². The van der Waals surface area contributed by atoms with Crippen molar-refractivity contribution >= 4 is 0 Å². The third kappa shape index (κ3) is 2.08. The van der Waals surface area contributed by atoms with Gasteiger partial charge in [-0.3, -0.25) is 0 Å². The minimum absolute atomic E-state index is 0.0566. The van der Waals surface area contributed by atoms with Gasteiger partial charge in [0.25, 0.3) is 0 Å². The maximum absolute atomic E-state index is 9.16. The fraction of sp³-hybridized carbons (Fsp3) is 0.667. The standard InChI is InChI=1S/C9H17N3O/c1-3-9-11-4-5-12(9)8(6-13)7(2)10/h4-5,7-8,13H,3,6,10H2,1-2H3. The van der Waals surface area contributed by atoms with Gasteiger partial charge in [-0.2, -0.15) is 0 Å². The normalized spacial score (nSPS) is 15.7. The Morgan fingerprint density at radius 2 is 2.38 bits per heavy atom. The molecule has 0 radical (unpaired) electrons. The van der Waals surface area contributed by atoms with Gasteiger partial charge in [0.05, 0.1) is 12.6 Å². The van der Waals surface area contributed by atoms with Crippen molar-refractivity contribution in [1.82, 2.24) is 9.55 Å². The highest BCUT2D eigenvalue weighted by Gasteiger charge is 2.16. The number of aromatic nitrogens is 2. The second-order valence-electron chi connectivity index (χ2n) is 3.21. The van der Waals surface area contributed by atoms with E-state index in [1.165, 1.54) is 0 Å². The van der Waals surface area contributed by atoms with Crippen molar-refractivity contribution < 1.29 is 5.11 Å². The van der Waals surface area contributed by atoms with Crippen molar-refractivity contribution in [2.24, 2.45) is 5.73 Å². The molecule has 0 saturated heterocycles. The van der Waals surface area contributed by atoms with Crippen molar-refractivity contribution in [3.8, 4) is 0 Å². The molecule has 0 aliphatic heterocycles. The van der Waals surface area contributed by atoms with Crippen LogP contribution in [0.4, 0.5) is 0 Å². The van der Waals surface area contributed by atoms with Gasteiger partial charge in [0, 0.05) is 24.9 Å². The number of hydrogen-bond donors (Lipinski definition) is 2. The second-order valence-corrected chi connectivity index (χ2v) is 3.21. The van der Waals surface area contributed by atoms with E-state index in [1.54, 1.807) is 6.20 Å². The minimum atomic E-state index is -0.0653. The molecule has 0 bridgehead atoms. The Hall–Kier alpha value is -0.870. The van der Waals surface area contributed by atoms with Crippen LogP contribution < -0.4 is 5.73 Å². The molecular formula is C9H17N3O. The summed E-state index contributed by atoms with van der Waals surface area (Å²) in [5, 5.41) is 9.16. The van der Waals surface area contributed by atoms with Crippen LogP contribution in [0.5, 0.6) is 0 Å². The second kappa shape index (κ2) is 4.39. The maximum Gasteiger partial charge on any atom is 0.108 e. The highest BCUT2D eigenvalue weighted by molar-refractivity contribution is 4.96. The van der Waals surface area contributed by atoms with E-state index >= 15 is 0 Å². The smallest absolute Gasteiger partial charge is 0.108 e. The summed E-state index contributed by atoms with van der Waals surface area (Å²) < 4.78 is 1.95. The first kappa shape index (κ1) is 10.2. The van der Waals surface area contributed by atoms with Crippen molar-refractivity contribution in [2.75, 3.05) is 6.61 Å². The first-order valence-corrected chi connectivity index (χ1v) is 4.58. The lowest BCUT2D eigenvalue weighted by atomic mass is 10.1. The average molecular weight is 183 g/mol.